The minimum absolute atomic E-state index is 0.306. The number of rotatable bonds is 4. The zero-order chi connectivity index (χ0) is 13.0. The van der Waals surface area contributed by atoms with Crippen molar-refractivity contribution in [3.8, 4) is 0 Å². The van der Waals surface area contributed by atoms with Crippen LogP contribution in [-0.4, -0.2) is 26.9 Å². The molecule has 3 N–H and O–H groups in total. The van der Waals surface area contributed by atoms with Crippen LogP contribution in [0.15, 0.2) is 24.3 Å². The predicted molar refractivity (Wildman–Crippen MR) is 70.5 cm³/mol. The average Bonchev–Trinajstić information content (AvgIpc) is 2.39. The summed E-state index contributed by atoms with van der Waals surface area (Å²) in [5.74, 6) is 0. The van der Waals surface area contributed by atoms with Crippen molar-refractivity contribution in [3.63, 3.8) is 0 Å². The Morgan fingerprint density at radius 3 is 2.44 bits per heavy atom. The van der Waals surface area contributed by atoms with Gasteiger partial charge in [-0.25, -0.2) is 13.1 Å². The molecule has 0 spiro atoms. The lowest BCUT2D eigenvalue weighted by Gasteiger charge is -2.22. The normalized spacial score (nSPS) is 17.8. The summed E-state index contributed by atoms with van der Waals surface area (Å²) in [5.41, 5.74) is 7.15. The fraction of sp³-hybridized carbons (Fsp3) is 0.500. The molecule has 1 heterocycles. The number of anilines is 1. The molecule has 0 unspecified atom stereocenters. The molecule has 0 amide bonds. The molecule has 1 aromatic carbocycles. The van der Waals surface area contributed by atoms with Crippen molar-refractivity contribution in [2.24, 2.45) is 0 Å². The van der Waals surface area contributed by atoms with Crippen molar-refractivity contribution < 1.29 is 13.2 Å². The van der Waals surface area contributed by atoms with E-state index in [4.69, 9.17) is 10.5 Å². The van der Waals surface area contributed by atoms with Crippen molar-refractivity contribution in [1.29, 1.82) is 0 Å². The van der Waals surface area contributed by atoms with E-state index in [9.17, 15) is 8.42 Å². The molecule has 0 aliphatic carbocycles. The van der Waals surface area contributed by atoms with Crippen LogP contribution in [0.25, 0.3) is 0 Å². The minimum Gasteiger partial charge on any atom is -0.399 e. The van der Waals surface area contributed by atoms with Crippen molar-refractivity contribution in [3.05, 3.63) is 29.8 Å². The molecular formula is C12H18N2O3S. The molecule has 6 heteroatoms. The number of benzene rings is 1. The summed E-state index contributed by atoms with van der Waals surface area (Å²) in [6, 6.07) is 7.17. The average molecular weight is 270 g/mol. The topological polar surface area (TPSA) is 81.4 Å². The Morgan fingerprint density at radius 2 is 1.83 bits per heavy atom. The van der Waals surface area contributed by atoms with Gasteiger partial charge >= 0.3 is 0 Å². The maximum atomic E-state index is 12.0. The van der Waals surface area contributed by atoms with Crippen LogP contribution in [0, 0.1) is 0 Å². The third-order valence-corrected chi connectivity index (χ3v) is 4.96. The van der Waals surface area contributed by atoms with E-state index in [-0.39, 0.29) is 5.25 Å². The van der Waals surface area contributed by atoms with E-state index in [2.05, 4.69) is 4.72 Å². The Labute approximate surface area is 107 Å². The Bertz CT molecular complexity index is 479. The molecule has 0 saturated carbocycles. The van der Waals surface area contributed by atoms with Crippen LogP contribution in [0.1, 0.15) is 18.4 Å². The van der Waals surface area contributed by atoms with Gasteiger partial charge in [0.25, 0.3) is 0 Å². The van der Waals surface area contributed by atoms with Gasteiger partial charge in [-0.2, -0.15) is 0 Å². The third kappa shape index (κ3) is 3.44. The van der Waals surface area contributed by atoms with Crippen molar-refractivity contribution in [1.82, 2.24) is 4.72 Å². The second-order valence-electron chi connectivity index (χ2n) is 4.42. The van der Waals surface area contributed by atoms with E-state index >= 15 is 0 Å². The monoisotopic (exact) mass is 270 g/mol. The van der Waals surface area contributed by atoms with Crippen LogP contribution >= 0.6 is 0 Å². The maximum Gasteiger partial charge on any atom is 0.214 e. The Balaban J connectivity index is 1.94. The fourth-order valence-electron chi connectivity index (χ4n) is 1.92. The van der Waals surface area contributed by atoms with Gasteiger partial charge in [-0.15, -0.1) is 0 Å². The quantitative estimate of drug-likeness (QED) is 0.795. The Kier molecular flexibility index (Phi) is 4.21. The Morgan fingerprint density at radius 1 is 1.22 bits per heavy atom. The van der Waals surface area contributed by atoms with E-state index < -0.39 is 10.0 Å². The number of hydrogen-bond acceptors (Lipinski definition) is 4. The molecule has 0 radical (unpaired) electrons. The summed E-state index contributed by atoms with van der Waals surface area (Å²) in [6.45, 7) is 1.35. The number of nitrogens with two attached hydrogens (primary N) is 1. The fourth-order valence-corrected chi connectivity index (χ4v) is 3.34. The zero-order valence-corrected chi connectivity index (χ0v) is 10.9. The van der Waals surface area contributed by atoms with E-state index in [1.54, 1.807) is 12.1 Å². The number of nitrogen functional groups attached to an aromatic ring is 1. The first-order chi connectivity index (χ1) is 8.58. The van der Waals surface area contributed by atoms with Crippen LogP contribution in [0.3, 0.4) is 0 Å². The molecule has 0 bridgehead atoms. The van der Waals surface area contributed by atoms with Gasteiger partial charge in [-0.05, 0) is 30.5 Å². The van der Waals surface area contributed by atoms with Gasteiger partial charge in [0.05, 0.1) is 5.25 Å². The first-order valence-corrected chi connectivity index (χ1v) is 7.53. The molecule has 1 aromatic rings. The third-order valence-electron chi connectivity index (χ3n) is 3.06. The molecule has 2 rings (SSSR count). The lowest BCUT2D eigenvalue weighted by Crippen LogP contribution is -2.37. The summed E-state index contributed by atoms with van der Waals surface area (Å²) in [7, 11) is -3.25. The molecule has 1 fully saturated rings. The first-order valence-electron chi connectivity index (χ1n) is 5.98. The van der Waals surface area contributed by atoms with Crippen LogP contribution < -0.4 is 10.5 Å². The number of sulfonamides is 1. The smallest absolute Gasteiger partial charge is 0.214 e. The molecule has 1 aliphatic heterocycles. The van der Waals surface area contributed by atoms with E-state index in [1.165, 1.54) is 0 Å². The number of nitrogens with one attached hydrogen (secondary N) is 1. The van der Waals surface area contributed by atoms with Crippen molar-refractivity contribution in [2.75, 3.05) is 18.9 Å². The predicted octanol–water partition coefficient (Wildman–Crippen LogP) is 0.867. The van der Waals surface area contributed by atoms with Gasteiger partial charge in [-0.1, -0.05) is 12.1 Å². The van der Waals surface area contributed by atoms with E-state index in [1.807, 2.05) is 12.1 Å². The van der Waals surface area contributed by atoms with Crippen molar-refractivity contribution in [2.45, 2.75) is 24.6 Å². The van der Waals surface area contributed by atoms with Crippen LogP contribution in [0.4, 0.5) is 5.69 Å². The highest BCUT2D eigenvalue weighted by Crippen LogP contribution is 2.15. The first kappa shape index (κ1) is 13.3. The molecule has 1 saturated heterocycles. The molecule has 0 aromatic heterocycles. The summed E-state index contributed by atoms with van der Waals surface area (Å²) < 4.78 is 31.9. The van der Waals surface area contributed by atoms with Gasteiger partial charge in [0.2, 0.25) is 10.0 Å². The van der Waals surface area contributed by atoms with Crippen molar-refractivity contribution >= 4 is 15.7 Å². The summed E-state index contributed by atoms with van der Waals surface area (Å²) in [4.78, 5) is 0. The summed E-state index contributed by atoms with van der Waals surface area (Å²) in [6.07, 6.45) is 1.13. The van der Waals surface area contributed by atoms with Crippen LogP contribution in [0.2, 0.25) is 0 Å². The van der Waals surface area contributed by atoms with Gasteiger partial charge in [0.15, 0.2) is 0 Å². The lowest BCUT2D eigenvalue weighted by molar-refractivity contribution is 0.0981. The number of ether oxygens (including phenoxy) is 1. The standard InChI is InChI=1S/C12H18N2O3S/c13-11-3-1-10(2-4-11)9-14-18(15,16)12-5-7-17-8-6-12/h1-4,12,14H,5-9,13H2. The molecule has 18 heavy (non-hydrogen) atoms. The highest BCUT2D eigenvalue weighted by molar-refractivity contribution is 7.90. The molecule has 0 atom stereocenters. The second-order valence-corrected chi connectivity index (χ2v) is 6.46. The number of hydrogen-bond donors (Lipinski definition) is 2. The van der Waals surface area contributed by atoms with Crippen LogP contribution in [-0.2, 0) is 21.3 Å². The van der Waals surface area contributed by atoms with E-state index in [0.29, 0.717) is 38.3 Å². The van der Waals surface area contributed by atoms with Gasteiger partial charge in [-0.3, -0.25) is 0 Å². The molecular weight excluding hydrogens is 252 g/mol. The van der Waals surface area contributed by atoms with Gasteiger partial charge in [0.1, 0.15) is 0 Å². The zero-order valence-electron chi connectivity index (χ0n) is 10.1. The molecule has 5 nitrogen and oxygen atoms in total. The maximum absolute atomic E-state index is 12.0. The van der Waals surface area contributed by atoms with Gasteiger partial charge in [0, 0.05) is 25.4 Å². The molecule has 1 aliphatic rings. The molecule has 100 valence electrons. The summed E-state index contributed by atoms with van der Waals surface area (Å²) >= 11 is 0. The minimum atomic E-state index is -3.25. The summed E-state index contributed by atoms with van der Waals surface area (Å²) in [5, 5.41) is -0.333. The van der Waals surface area contributed by atoms with Crippen LogP contribution in [0.5, 0.6) is 0 Å². The SMILES string of the molecule is Nc1ccc(CNS(=O)(=O)C2CCOCC2)cc1. The second kappa shape index (κ2) is 5.69. The lowest BCUT2D eigenvalue weighted by atomic mass is 10.2. The Hall–Kier alpha value is -1.11. The highest BCUT2D eigenvalue weighted by Gasteiger charge is 2.27. The highest BCUT2D eigenvalue weighted by atomic mass is 32.2. The van der Waals surface area contributed by atoms with E-state index in [0.717, 1.165) is 5.56 Å². The largest absolute Gasteiger partial charge is 0.399 e. The van der Waals surface area contributed by atoms with Gasteiger partial charge < -0.3 is 10.5 Å².